The van der Waals surface area contributed by atoms with Crippen molar-refractivity contribution in [1.29, 1.82) is 0 Å². The number of hydrogen-bond donors (Lipinski definition) is 1. The fourth-order valence-corrected chi connectivity index (χ4v) is 6.07. The molecule has 3 heterocycles. The molecule has 4 atom stereocenters. The Morgan fingerprint density at radius 3 is 2.88 bits per heavy atom. The zero-order valence-electron chi connectivity index (χ0n) is 14.2. The average Bonchev–Trinajstić information content (AvgIpc) is 3.08. The molecule has 0 unspecified atom stereocenters. The second kappa shape index (κ2) is 4.96. The van der Waals surface area contributed by atoms with Gasteiger partial charge in [-0.25, -0.2) is 0 Å². The van der Waals surface area contributed by atoms with Crippen LogP contribution in [-0.2, 0) is 10.2 Å². The summed E-state index contributed by atoms with van der Waals surface area (Å²) in [5, 5.41) is 3.66. The topological polar surface area (TPSA) is 29.1 Å². The maximum absolute atomic E-state index is 12.0. The first-order valence-electron chi connectivity index (χ1n) is 8.70. The van der Waals surface area contributed by atoms with Gasteiger partial charge in [0.05, 0.1) is 19.0 Å². The van der Waals surface area contributed by atoms with E-state index < -0.39 is 0 Å². The molecule has 1 aromatic rings. The number of likely N-dealkylation sites (N-methyl/N-ethyl adjacent to an activating group) is 1. The van der Waals surface area contributed by atoms with Crippen molar-refractivity contribution in [3.05, 3.63) is 52.7 Å². The molecule has 0 saturated carbocycles. The van der Waals surface area contributed by atoms with Crippen LogP contribution in [0.25, 0.3) is 0 Å². The summed E-state index contributed by atoms with van der Waals surface area (Å²) in [6.45, 7) is 4.42. The molecule has 3 nitrogen and oxygen atoms in total. The van der Waals surface area contributed by atoms with Crippen LogP contribution in [0.2, 0.25) is 0 Å². The summed E-state index contributed by atoms with van der Waals surface area (Å²) >= 11 is 0. The second-order valence-electron chi connectivity index (χ2n) is 7.87. The summed E-state index contributed by atoms with van der Waals surface area (Å²) in [5.41, 5.74) is 6.35. The Hall–Kier alpha value is -1.58. The van der Waals surface area contributed by atoms with Crippen molar-refractivity contribution < 1.29 is 21.7 Å². The van der Waals surface area contributed by atoms with Gasteiger partial charge in [0.15, 0.2) is 0 Å². The predicted octanol–water partition coefficient (Wildman–Crippen LogP) is 0.00560. The molecule has 2 bridgehead atoms. The number of piperidine rings is 1. The molecule has 2 saturated heterocycles. The number of para-hydroxylation sites is 1. The Morgan fingerprint density at radius 2 is 2.12 bits per heavy atom. The summed E-state index contributed by atoms with van der Waals surface area (Å²) in [4.78, 5) is 12.0. The van der Waals surface area contributed by atoms with E-state index in [1.54, 1.807) is 0 Å². The second-order valence-corrected chi connectivity index (χ2v) is 7.87. The minimum absolute atomic E-state index is 0. The Balaban J connectivity index is 0.00000146. The van der Waals surface area contributed by atoms with Crippen molar-refractivity contribution in [3.63, 3.8) is 0 Å². The lowest BCUT2D eigenvalue weighted by Crippen LogP contribution is -3.00. The number of carbonyl (C=O) groups is 1. The van der Waals surface area contributed by atoms with E-state index in [1.807, 2.05) is 0 Å². The van der Waals surface area contributed by atoms with E-state index in [0.29, 0.717) is 12.0 Å². The lowest BCUT2D eigenvalue weighted by molar-refractivity contribution is -0.923. The summed E-state index contributed by atoms with van der Waals surface area (Å²) in [7, 11) is 2.42. The van der Waals surface area contributed by atoms with Gasteiger partial charge in [-0.3, -0.25) is 4.79 Å². The van der Waals surface area contributed by atoms with Crippen molar-refractivity contribution in [1.82, 2.24) is 0 Å². The van der Waals surface area contributed by atoms with Crippen LogP contribution in [0.15, 0.2) is 47.2 Å². The van der Waals surface area contributed by atoms with E-state index in [-0.39, 0.29) is 17.8 Å². The van der Waals surface area contributed by atoms with Crippen molar-refractivity contribution >= 4 is 12.0 Å². The highest BCUT2D eigenvalue weighted by Crippen LogP contribution is 2.62. The Bertz CT molecular complexity index is 799. The number of hydrogen-bond acceptors (Lipinski definition) is 2. The summed E-state index contributed by atoms with van der Waals surface area (Å²) in [6.07, 6.45) is 5.65. The van der Waals surface area contributed by atoms with Gasteiger partial charge in [0.25, 0.3) is 0 Å². The monoisotopic (exact) mass is 342 g/mol. The summed E-state index contributed by atoms with van der Waals surface area (Å²) < 4.78 is 1.13. The molecule has 126 valence electrons. The van der Waals surface area contributed by atoms with Crippen molar-refractivity contribution in [2.24, 2.45) is 5.92 Å². The van der Waals surface area contributed by atoms with Gasteiger partial charge in [0, 0.05) is 35.7 Å². The first-order valence-corrected chi connectivity index (χ1v) is 8.70. The fraction of sp³-hybridized carbons (Fsp3) is 0.450. The van der Waals surface area contributed by atoms with Crippen LogP contribution in [0.5, 0.6) is 0 Å². The summed E-state index contributed by atoms with van der Waals surface area (Å²) in [6, 6.07) is 9.27. The van der Waals surface area contributed by atoms with E-state index in [4.69, 9.17) is 0 Å². The minimum Gasteiger partial charge on any atom is -1.00 e. The zero-order valence-corrected chi connectivity index (χ0v) is 14.9. The van der Waals surface area contributed by atoms with Crippen LogP contribution in [0, 0.1) is 5.92 Å². The Morgan fingerprint density at radius 1 is 1.33 bits per heavy atom. The number of benzene rings is 1. The summed E-state index contributed by atoms with van der Waals surface area (Å²) in [5.74, 6) is 0.316. The highest BCUT2D eigenvalue weighted by molar-refractivity contribution is 5.84. The van der Waals surface area contributed by atoms with Gasteiger partial charge in [-0.1, -0.05) is 24.3 Å². The van der Waals surface area contributed by atoms with Gasteiger partial charge in [0.1, 0.15) is 18.9 Å². The number of aldehydes is 1. The van der Waals surface area contributed by atoms with Gasteiger partial charge < -0.3 is 22.2 Å². The molecule has 1 aromatic carbocycles. The third-order valence-corrected chi connectivity index (χ3v) is 7.06. The van der Waals surface area contributed by atoms with Crippen molar-refractivity contribution in [3.8, 4) is 0 Å². The standard InChI is InChI=1S/C20H22N2O.ClH/c1-3-13-11-22(2)9-8-20-16-6-4-5-7-17(16)21-19(20)15(12-23)14(13)10-18(20)22;/h3-7,12,14,18H,8-11H2,1-2H3;1H/t14-,18-,20+,22-;/m0./s1. The van der Waals surface area contributed by atoms with E-state index in [0.717, 1.165) is 35.7 Å². The van der Waals surface area contributed by atoms with Crippen molar-refractivity contribution in [2.75, 3.05) is 25.5 Å². The highest BCUT2D eigenvalue weighted by atomic mass is 35.5. The first kappa shape index (κ1) is 15.9. The molecule has 0 amide bonds. The van der Waals surface area contributed by atoms with Crippen molar-refractivity contribution in [2.45, 2.75) is 31.2 Å². The van der Waals surface area contributed by atoms with Crippen LogP contribution in [-0.4, -0.2) is 36.9 Å². The predicted molar refractivity (Wildman–Crippen MR) is 91.0 cm³/mol. The average molecular weight is 343 g/mol. The van der Waals surface area contributed by atoms with E-state index >= 15 is 0 Å². The van der Waals surface area contributed by atoms with Gasteiger partial charge in [-0.15, -0.1) is 0 Å². The lowest BCUT2D eigenvalue weighted by atomic mass is 9.61. The van der Waals surface area contributed by atoms with Crippen LogP contribution < -0.4 is 17.7 Å². The molecule has 0 aromatic heterocycles. The number of nitrogens with one attached hydrogen (secondary N) is 1. The minimum atomic E-state index is 0. The maximum atomic E-state index is 12.0. The SMILES string of the molecule is CC=C1C[N@+]2(C)CC[C@]34C(=C(C=O)[C@H]1C[C@@H]32)Nc1ccccc14.[Cl-]. The molecule has 24 heavy (non-hydrogen) atoms. The number of fused-ring (bicyclic) bond motifs is 2. The number of halogens is 1. The highest BCUT2D eigenvalue weighted by Gasteiger charge is 2.67. The van der Waals surface area contributed by atoms with Crippen LogP contribution in [0.1, 0.15) is 25.3 Å². The smallest absolute Gasteiger partial charge is 0.148 e. The zero-order chi connectivity index (χ0) is 15.8. The normalized spacial score (nSPS) is 39.8. The van der Waals surface area contributed by atoms with Gasteiger partial charge >= 0.3 is 0 Å². The van der Waals surface area contributed by atoms with Gasteiger partial charge in [0.2, 0.25) is 0 Å². The van der Waals surface area contributed by atoms with Crippen LogP contribution in [0.3, 0.4) is 0 Å². The fourth-order valence-electron chi connectivity index (χ4n) is 6.07. The molecule has 1 spiro atoms. The third kappa shape index (κ3) is 1.60. The molecule has 1 N–H and O–H groups in total. The molecule has 0 radical (unpaired) electrons. The number of anilines is 1. The number of carbonyl (C=O) groups excluding carboxylic acids is 1. The molecule has 1 aliphatic carbocycles. The molecular weight excluding hydrogens is 320 g/mol. The largest absolute Gasteiger partial charge is 1.00 e. The van der Waals surface area contributed by atoms with E-state index in [9.17, 15) is 4.79 Å². The maximum Gasteiger partial charge on any atom is 0.148 e. The lowest BCUT2D eigenvalue weighted by Gasteiger charge is -2.51. The molecule has 3 aliphatic heterocycles. The first-order chi connectivity index (χ1) is 11.1. The van der Waals surface area contributed by atoms with Crippen LogP contribution in [0.4, 0.5) is 5.69 Å². The number of allylic oxidation sites excluding steroid dienone is 2. The number of quaternary nitrogens is 1. The number of nitrogens with zero attached hydrogens (tertiary/aromatic N) is 1. The molecule has 4 heteroatoms. The van der Waals surface area contributed by atoms with E-state index in [1.165, 1.54) is 29.1 Å². The van der Waals surface area contributed by atoms with Gasteiger partial charge in [-0.2, -0.15) is 0 Å². The van der Waals surface area contributed by atoms with Gasteiger partial charge in [-0.05, 0) is 24.1 Å². The number of rotatable bonds is 1. The molecule has 5 rings (SSSR count). The molecule has 2 fully saturated rings. The molecular formula is C20H23ClN2O. The third-order valence-electron chi connectivity index (χ3n) is 7.06. The quantitative estimate of drug-likeness (QED) is 0.442. The van der Waals surface area contributed by atoms with Crippen LogP contribution >= 0.6 is 0 Å². The Kier molecular flexibility index (Phi) is 3.29. The Labute approximate surface area is 149 Å². The molecule has 4 aliphatic rings. The van der Waals surface area contributed by atoms with E-state index in [2.05, 4.69) is 49.6 Å².